The first-order valence-corrected chi connectivity index (χ1v) is 8.66. The van der Waals surface area contributed by atoms with Crippen LogP contribution in [0.4, 0.5) is 0 Å². The summed E-state index contributed by atoms with van der Waals surface area (Å²) >= 11 is 5.41. The minimum absolute atomic E-state index is 0.256. The molecule has 0 radical (unpaired) electrons. The van der Waals surface area contributed by atoms with E-state index >= 15 is 0 Å². The molecule has 2 aromatic rings. The molecule has 1 aliphatic rings. The number of nitrogens with zero attached hydrogens (tertiary/aromatic N) is 1. The molecule has 6 heteroatoms. The Kier molecular flexibility index (Phi) is 5.73. The molecule has 132 valence electrons. The van der Waals surface area contributed by atoms with Gasteiger partial charge in [0.05, 0.1) is 6.04 Å². The lowest BCUT2D eigenvalue weighted by Crippen LogP contribution is -2.40. The van der Waals surface area contributed by atoms with E-state index in [0.29, 0.717) is 11.7 Å². The predicted molar refractivity (Wildman–Crippen MR) is 103 cm³/mol. The zero-order valence-corrected chi connectivity index (χ0v) is 15.3. The van der Waals surface area contributed by atoms with E-state index in [2.05, 4.69) is 53.9 Å². The molecule has 0 aliphatic carbocycles. The van der Waals surface area contributed by atoms with Gasteiger partial charge in [0, 0.05) is 13.1 Å². The number of likely N-dealkylation sites (N-methyl/N-ethyl adjacent to an activating group) is 1. The number of hydrogen-bond donors (Lipinski definition) is 2. The van der Waals surface area contributed by atoms with Crippen LogP contribution in [0.25, 0.3) is 0 Å². The van der Waals surface area contributed by atoms with E-state index in [9.17, 15) is 0 Å². The molecule has 0 saturated heterocycles. The van der Waals surface area contributed by atoms with E-state index < -0.39 is 0 Å². The van der Waals surface area contributed by atoms with Gasteiger partial charge in [-0.1, -0.05) is 36.4 Å². The molecular weight excluding hydrogens is 334 g/mol. The maximum Gasteiger partial charge on any atom is 0.231 e. The average molecular weight is 357 g/mol. The van der Waals surface area contributed by atoms with Crippen LogP contribution in [0.1, 0.15) is 17.2 Å². The number of rotatable bonds is 6. The first-order valence-electron chi connectivity index (χ1n) is 8.25. The van der Waals surface area contributed by atoms with Crippen LogP contribution in [0.15, 0.2) is 48.5 Å². The van der Waals surface area contributed by atoms with Crippen molar-refractivity contribution in [1.82, 2.24) is 15.5 Å². The molecule has 0 fully saturated rings. The first-order chi connectivity index (χ1) is 12.1. The number of hydrogen-bond acceptors (Lipinski definition) is 4. The fourth-order valence-electron chi connectivity index (χ4n) is 2.76. The van der Waals surface area contributed by atoms with Crippen LogP contribution in [-0.2, 0) is 6.54 Å². The van der Waals surface area contributed by atoms with Gasteiger partial charge in [0.25, 0.3) is 0 Å². The van der Waals surface area contributed by atoms with Crippen molar-refractivity contribution in [2.45, 2.75) is 12.6 Å². The third-order valence-corrected chi connectivity index (χ3v) is 4.44. The van der Waals surface area contributed by atoms with Gasteiger partial charge in [0.15, 0.2) is 16.6 Å². The molecular formula is C19H23N3O2S. The van der Waals surface area contributed by atoms with Crippen molar-refractivity contribution in [1.29, 1.82) is 0 Å². The molecule has 0 saturated carbocycles. The van der Waals surface area contributed by atoms with Crippen molar-refractivity contribution >= 4 is 17.3 Å². The second kappa shape index (κ2) is 8.18. The van der Waals surface area contributed by atoms with Gasteiger partial charge in [-0.25, -0.2) is 0 Å². The number of nitrogens with one attached hydrogen (secondary N) is 2. The van der Waals surface area contributed by atoms with Crippen LogP contribution in [0.5, 0.6) is 11.5 Å². The molecule has 2 aromatic carbocycles. The predicted octanol–water partition coefficient (Wildman–Crippen LogP) is 2.68. The quantitative estimate of drug-likeness (QED) is 0.775. The molecule has 1 heterocycles. The standard InChI is InChI=1S/C19H23N3O2S/c1-22(2)16(15-6-4-3-5-7-15)12-21-19(25)20-11-14-8-9-17-18(10-14)24-13-23-17/h3-10,16H,11-13H2,1-2H3,(H2,20,21,25). The van der Waals surface area contributed by atoms with Crippen LogP contribution >= 0.6 is 12.2 Å². The van der Waals surface area contributed by atoms with Crippen molar-refractivity contribution in [3.63, 3.8) is 0 Å². The zero-order chi connectivity index (χ0) is 17.6. The molecule has 1 atom stereocenters. The third kappa shape index (κ3) is 4.61. The maximum atomic E-state index is 5.41. The second-order valence-corrected chi connectivity index (χ2v) is 6.55. The molecule has 5 nitrogen and oxygen atoms in total. The topological polar surface area (TPSA) is 45.8 Å². The summed E-state index contributed by atoms with van der Waals surface area (Å²) in [5, 5.41) is 7.19. The third-order valence-electron chi connectivity index (χ3n) is 4.15. The lowest BCUT2D eigenvalue weighted by molar-refractivity contribution is 0.174. The molecule has 0 bridgehead atoms. The van der Waals surface area contributed by atoms with Gasteiger partial charge in [-0.05, 0) is 49.6 Å². The Hall–Kier alpha value is -2.31. The van der Waals surface area contributed by atoms with E-state index in [1.54, 1.807) is 0 Å². The molecule has 1 aliphatic heterocycles. The van der Waals surface area contributed by atoms with Gasteiger partial charge >= 0.3 is 0 Å². The van der Waals surface area contributed by atoms with Crippen LogP contribution in [0.2, 0.25) is 0 Å². The SMILES string of the molecule is CN(C)C(CNC(=S)NCc1ccc2c(c1)OCO2)c1ccccc1. The summed E-state index contributed by atoms with van der Waals surface area (Å²) in [6.07, 6.45) is 0. The Morgan fingerprint density at radius 1 is 1.08 bits per heavy atom. The Balaban J connectivity index is 1.50. The van der Waals surface area contributed by atoms with Crippen molar-refractivity contribution < 1.29 is 9.47 Å². The van der Waals surface area contributed by atoms with Crippen molar-refractivity contribution in [2.24, 2.45) is 0 Å². The maximum absolute atomic E-state index is 5.41. The van der Waals surface area contributed by atoms with Gasteiger partial charge in [-0.15, -0.1) is 0 Å². The molecule has 0 aromatic heterocycles. The van der Waals surface area contributed by atoms with Crippen LogP contribution in [-0.4, -0.2) is 37.4 Å². The average Bonchev–Trinajstić information content (AvgIpc) is 3.08. The number of ether oxygens (including phenoxy) is 2. The lowest BCUT2D eigenvalue weighted by atomic mass is 10.1. The Bertz CT molecular complexity index is 722. The summed E-state index contributed by atoms with van der Waals surface area (Å²) in [7, 11) is 4.14. The van der Waals surface area contributed by atoms with E-state index in [1.165, 1.54) is 5.56 Å². The summed E-state index contributed by atoms with van der Waals surface area (Å²) in [5.41, 5.74) is 2.36. The molecule has 0 amide bonds. The van der Waals surface area contributed by atoms with Gasteiger partial charge < -0.3 is 25.0 Å². The number of benzene rings is 2. The van der Waals surface area contributed by atoms with Gasteiger partial charge in [0.1, 0.15) is 0 Å². The van der Waals surface area contributed by atoms with Gasteiger partial charge in [-0.2, -0.15) is 0 Å². The van der Waals surface area contributed by atoms with E-state index in [1.807, 2.05) is 24.3 Å². The minimum atomic E-state index is 0.256. The Morgan fingerprint density at radius 3 is 2.60 bits per heavy atom. The Labute approximate surface area is 153 Å². The van der Waals surface area contributed by atoms with Crippen molar-refractivity contribution in [2.75, 3.05) is 27.4 Å². The highest BCUT2D eigenvalue weighted by Gasteiger charge is 2.15. The molecule has 1 unspecified atom stereocenters. The van der Waals surface area contributed by atoms with E-state index in [4.69, 9.17) is 21.7 Å². The summed E-state index contributed by atoms with van der Waals surface area (Å²) in [6, 6.07) is 16.6. The fraction of sp³-hybridized carbons (Fsp3) is 0.316. The Morgan fingerprint density at radius 2 is 1.84 bits per heavy atom. The van der Waals surface area contributed by atoms with Crippen LogP contribution < -0.4 is 20.1 Å². The largest absolute Gasteiger partial charge is 0.454 e. The fourth-order valence-corrected chi connectivity index (χ4v) is 2.91. The highest BCUT2D eigenvalue weighted by molar-refractivity contribution is 7.80. The molecule has 0 spiro atoms. The highest BCUT2D eigenvalue weighted by Crippen LogP contribution is 2.32. The molecule has 2 N–H and O–H groups in total. The second-order valence-electron chi connectivity index (χ2n) is 6.14. The summed E-state index contributed by atoms with van der Waals surface area (Å²) in [5.74, 6) is 1.58. The lowest BCUT2D eigenvalue weighted by Gasteiger charge is -2.25. The van der Waals surface area contributed by atoms with E-state index in [0.717, 1.165) is 23.6 Å². The van der Waals surface area contributed by atoms with Gasteiger partial charge in [0.2, 0.25) is 6.79 Å². The molecule has 3 rings (SSSR count). The van der Waals surface area contributed by atoms with Gasteiger partial charge in [-0.3, -0.25) is 0 Å². The van der Waals surface area contributed by atoms with Crippen molar-refractivity contribution in [3.8, 4) is 11.5 Å². The summed E-state index contributed by atoms with van der Waals surface area (Å²) in [4.78, 5) is 2.18. The van der Waals surface area contributed by atoms with E-state index in [-0.39, 0.29) is 12.8 Å². The summed E-state index contributed by atoms with van der Waals surface area (Å²) in [6.45, 7) is 1.67. The number of fused-ring (bicyclic) bond motifs is 1. The highest BCUT2D eigenvalue weighted by atomic mass is 32.1. The molecule has 25 heavy (non-hydrogen) atoms. The summed E-state index contributed by atoms with van der Waals surface area (Å²) < 4.78 is 10.7. The van der Waals surface area contributed by atoms with Crippen LogP contribution in [0, 0.1) is 0 Å². The van der Waals surface area contributed by atoms with Crippen molar-refractivity contribution in [3.05, 3.63) is 59.7 Å². The van der Waals surface area contributed by atoms with Crippen LogP contribution in [0.3, 0.4) is 0 Å². The number of thiocarbonyl (C=S) groups is 1. The smallest absolute Gasteiger partial charge is 0.231 e. The monoisotopic (exact) mass is 357 g/mol. The first kappa shape index (κ1) is 17.5. The zero-order valence-electron chi connectivity index (χ0n) is 14.5. The normalized spacial score (nSPS) is 13.6. The minimum Gasteiger partial charge on any atom is -0.454 e.